The molecule has 0 radical (unpaired) electrons. The molecule has 3 aromatic carbocycles. The molecule has 4 rings (SSSR count). The molecule has 0 spiro atoms. The molecular weight excluding hydrogens is 542 g/mol. The second-order valence-electron chi connectivity index (χ2n) is 7.46. The van der Waals surface area contributed by atoms with Crippen molar-refractivity contribution in [1.82, 2.24) is 0 Å². The highest BCUT2D eigenvalue weighted by atomic mass is 35.5. The monoisotopic (exact) mass is 553 g/mol. The van der Waals surface area contributed by atoms with E-state index < -0.39 is 29.5 Å². The number of hydrogen-bond donors (Lipinski definition) is 2. The number of rotatable bonds is 5. The zero-order valence-electron chi connectivity index (χ0n) is 17.8. The Bertz CT molecular complexity index is 1420. The van der Waals surface area contributed by atoms with Gasteiger partial charge in [0.05, 0.1) is 22.0 Å². The molecule has 2 N–H and O–H groups in total. The first-order valence-electron chi connectivity index (χ1n) is 10.0. The highest BCUT2D eigenvalue weighted by Crippen LogP contribution is 2.34. The second kappa shape index (κ2) is 9.85. The second-order valence-corrected chi connectivity index (χ2v) is 8.69. The van der Waals surface area contributed by atoms with Gasteiger partial charge in [-0.15, -0.1) is 0 Å². The largest absolute Gasteiger partial charge is 0.416 e. The Morgan fingerprint density at radius 3 is 2.22 bits per heavy atom. The van der Waals surface area contributed by atoms with E-state index in [1.807, 2.05) is 0 Å². The summed E-state index contributed by atoms with van der Waals surface area (Å²) < 4.78 is 39.0. The van der Waals surface area contributed by atoms with Gasteiger partial charge >= 0.3 is 6.18 Å². The zero-order valence-corrected chi connectivity index (χ0v) is 20.1. The van der Waals surface area contributed by atoms with Crippen molar-refractivity contribution in [2.75, 3.05) is 15.5 Å². The molecule has 1 aliphatic rings. The van der Waals surface area contributed by atoms with Crippen LogP contribution in [0.5, 0.6) is 0 Å². The maximum atomic E-state index is 13.0. The summed E-state index contributed by atoms with van der Waals surface area (Å²) in [6.07, 6.45) is -4.62. The van der Waals surface area contributed by atoms with Crippen molar-refractivity contribution >= 4 is 69.6 Å². The summed E-state index contributed by atoms with van der Waals surface area (Å²) in [5.41, 5.74) is -0.892. The van der Waals surface area contributed by atoms with Crippen LogP contribution < -0.4 is 15.5 Å². The van der Waals surface area contributed by atoms with Gasteiger partial charge in [0, 0.05) is 16.3 Å². The summed E-state index contributed by atoms with van der Waals surface area (Å²) in [6.45, 7) is 0. The lowest BCUT2D eigenvalue weighted by molar-refractivity contribution is -0.137. The van der Waals surface area contributed by atoms with Crippen molar-refractivity contribution in [1.29, 1.82) is 0 Å². The molecule has 0 aromatic heterocycles. The fourth-order valence-corrected chi connectivity index (χ4v) is 3.81. The van der Waals surface area contributed by atoms with Crippen LogP contribution in [0.1, 0.15) is 15.9 Å². The minimum absolute atomic E-state index is 0.0385. The maximum Gasteiger partial charge on any atom is 0.416 e. The number of anilines is 3. The molecule has 0 unspecified atom stereocenters. The lowest BCUT2D eigenvalue weighted by atomic mass is 10.1. The first kappa shape index (κ1) is 25.6. The van der Waals surface area contributed by atoms with E-state index in [9.17, 15) is 27.6 Å². The molecule has 1 aliphatic heterocycles. The van der Waals surface area contributed by atoms with E-state index in [1.165, 1.54) is 48.5 Å². The normalized spacial score (nSPS) is 13.9. The van der Waals surface area contributed by atoms with E-state index in [4.69, 9.17) is 34.8 Å². The van der Waals surface area contributed by atoms with E-state index >= 15 is 0 Å². The smallest absolute Gasteiger partial charge is 0.350 e. The van der Waals surface area contributed by atoms with Gasteiger partial charge in [0.1, 0.15) is 10.7 Å². The van der Waals surface area contributed by atoms with Gasteiger partial charge in [0.25, 0.3) is 17.7 Å². The van der Waals surface area contributed by atoms with Crippen LogP contribution in [-0.2, 0) is 15.8 Å². The van der Waals surface area contributed by atoms with Crippen molar-refractivity contribution in [2.24, 2.45) is 0 Å². The van der Waals surface area contributed by atoms with Crippen molar-refractivity contribution in [3.8, 4) is 0 Å². The third kappa shape index (κ3) is 5.18. The number of halogens is 6. The minimum atomic E-state index is -4.62. The van der Waals surface area contributed by atoms with Gasteiger partial charge in [-0.05, 0) is 60.7 Å². The summed E-state index contributed by atoms with van der Waals surface area (Å²) in [6, 6.07) is 14.2. The Hall–Kier alpha value is -3.53. The summed E-state index contributed by atoms with van der Waals surface area (Å²) in [7, 11) is 0. The Labute approximate surface area is 217 Å². The molecule has 12 heteroatoms. The molecule has 184 valence electrons. The number of benzene rings is 3. The van der Waals surface area contributed by atoms with Gasteiger partial charge in [-0.1, -0.05) is 40.9 Å². The van der Waals surface area contributed by atoms with Crippen LogP contribution in [0.4, 0.5) is 30.2 Å². The van der Waals surface area contributed by atoms with Crippen molar-refractivity contribution in [3.63, 3.8) is 0 Å². The first-order chi connectivity index (χ1) is 17.0. The third-order valence-electron chi connectivity index (χ3n) is 5.05. The summed E-state index contributed by atoms with van der Waals surface area (Å²) >= 11 is 17.9. The minimum Gasteiger partial charge on any atom is -0.350 e. The Morgan fingerprint density at radius 2 is 1.56 bits per heavy atom. The lowest BCUT2D eigenvalue weighted by Gasteiger charge is -2.15. The first-order valence-corrected chi connectivity index (χ1v) is 11.2. The van der Waals surface area contributed by atoms with Crippen molar-refractivity contribution in [2.45, 2.75) is 6.18 Å². The molecule has 36 heavy (non-hydrogen) atoms. The van der Waals surface area contributed by atoms with Gasteiger partial charge in [-0.3, -0.25) is 14.4 Å². The van der Waals surface area contributed by atoms with Gasteiger partial charge in [-0.2, -0.15) is 13.2 Å². The topological polar surface area (TPSA) is 78.5 Å². The molecule has 0 saturated heterocycles. The van der Waals surface area contributed by atoms with E-state index in [-0.39, 0.29) is 38.4 Å². The summed E-state index contributed by atoms with van der Waals surface area (Å²) in [5.74, 6) is -2.23. The number of amides is 3. The average Bonchev–Trinajstić information content (AvgIpc) is 3.03. The van der Waals surface area contributed by atoms with Crippen molar-refractivity contribution in [3.05, 3.63) is 98.6 Å². The Balaban J connectivity index is 1.54. The van der Waals surface area contributed by atoms with E-state index in [0.29, 0.717) is 5.02 Å². The van der Waals surface area contributed by atoms with Crippen LogP contribution in [-0.4, -0.2) is 17.7 Å². The molecule has 0 atom stereocenters. The van der Waals surface area contributed by atoms with E-state index in [1.54, 1.807) is 0 Å². The molecule has 0 saturated carbocycles. The molecule has 1 heterocycles. The average molecular weight is 555 g/mol. The van der Waals surface area contributed by atoms with Crippen LogP contribution >= 0.6 is 34.8 Å². The number of alkyl halides is 3. The zero-order chi connectivity index (χ0) is 26.2. The number of carbonyl (C=O) groups excluding carboxylic acids is 3. The number of hydrogen-bond acceptors (Lipinski definition) is 4. The summed E-state index contributed by atoms with van der Waals surface area (Å²) in [5, 5.41) is 5.05. The number of nitrogens with zero attached hydrogens (tertiary/aromatic N) is 1. The van der Waals surface area contributed by atoms with E-state index in [2.05, 4.69) is 10.6 Å². The highest BCUT2D eigenvalue weighted by Gasteiger charge is 2.39. The third-order valence-corrected chi connectivity index (χ3v) is 5.98. The van der Waals surface area contributed by atoms with Gasteiger partial charge in [-0.25, -0.2) is 4.90 Å². The number of nitrogens with one attached hydrogen (secondary N) is 2. The van der Waals surface area contributed by atoms with E-state index in [0.717, 1.165) is 23.1 Å². The van der Waals surface area contributed by atoms with Crippen LogP contribution in [0.15, 0.2) is 77.5 Å². The fourth-order valence-electron chi connectivity index (χ4n) is 3.31. The van der Waals surface area contributed by atoms with Crippen LogP contribution in [0, 0.1) is 0 Å². The molecule has 0 aliphatic carbocycles. The maximum absolute atomic E-state index is 13.0. The SMILES string of the molecule is O=C(Nc1cc(C(F)(F)F)ccc1Cl)c1cccc(NC2=C(Cl)C(=O)N(c3ccc(Cl)cc3)C2=O)c1. The number of carbonyl (C=O) groups is 3. The fraction of sp³-hybridized carbons (Fsp3) is 0.0417. The summed E-state index contributed by atoms with van der Waals surface area (Å²) in [4.78, 5) is 39.1. The molecule has 0 fully saturated rings. The molecule has 6 nitrogen and oxygen atoms in total. The van der Waals surface area contributed by atoms with Crippen molar-refractivity contribution < 1.29 is 27.6 Å². The predicted molar refractivity (Wildman–Crippen MR) is 131 cm³/mol. The molecule has 0 bridgehead atoms. The van der Waals surface area contributed by atoms with Crippen LogP contribution in [0.3, 0.4) is 0 Å². The quantitative estimate of drug-likeness (QED) is 0.344. The molecule has 3 amide bonds. The highest BCUT2D eigenvalue weighted by molar-refractivity contribution is 6.53. The lowest BCUT2D eigenvalue weighted by Crippen LogP contribution is -2.32. The number of imide groups is 1. The predicted octanol–water partition coefficient (Wildman–Crippen LogP) is 6.70. The van der Waals surface area contributed by atoms with Gasteiger partial charge in [0.15, 0.2) is 0 Å². The van der Waals surface area contributed by atoms with Gasteiger partial charge in [0.2, 0.25) is 0 Å². The Morgan fingerprint density at radius 1 is 0.861 bits per heavy atom. The van der Waals surface area contributed by atoms with Crippen LogP contribution in [0.25, 0.3) is 0 Å². The molecular formula is C24H13Cl3F3N3O3. The van der Waals surface area contributed by atoms with Gasteiger partial charge < -0.3 is 10.6 Å². The van der Waals surface area contributed by atoms with Crippen LogP contribution in [0.2, 0.25) is 10.0 Å². The molecule has 3 aromatic rings. The standard InChI is InChI=1S/C24H13Cl3F3N3O3/c25-14-5-7-16(8-6-14)33-22(35)19(27)20(23(33)36)31-15-3-1-2-12(10-15)21(34)32-18-11-13(24(28,29)30)4-9-17(18)26/h1-11,31H,(H,32,34). The Kier molecular flexibility index (Phi) is 6.99.